The zero-order valence-electron chi connectivity index (χ0n) is 13.3. The van der Waals surface area contributed by atoms with E-state index in [1.807, 2.05) is 0 Å². The zero-order chi connectivity index (χ0) is 19.3. The van der Waals surface area contributed by atoms with Gasteiger partial charge in [-0.1, -0.05) is 58.5 Å². The molecule has 0 aliphatic rings. The maximum Gasteiger partial charge on any atom is 0.308 e. The molecular weight excluding hydrogens is 424 g/mol. The Morgan fingerprint density at radius 1 is 1.04 bits per heavy atom. The van der Waals surface area contributed by atoms with Gasteiger partial charge in [0.1, 0.15) is 11.5 Å². The smallest absolute Gasteiger partial charge is 0.308 e. The second-order valence-electron chi connectivity index (χ2n) is 5.06. The van der Waals surface area contributed by atoms with Gasteiger partial charge in [0.25, 0.3) is 5.91 Å². The van der Waals surface area contributed by atoms with E-state index in [0.717, 1.165) is 0 Å². The molecule has 2 aromatic rings. The second kappa shape index (κ2) is 8.82. The van der Waals surface area contributed by atoms with Crippen LogP contribution in [-0.2, 0) is 4.79 Å². The van der Waals surface area contributed by atoms with Gasteiger partial charge in [-0.05, 0) is 36.4 Å². The maximum absolute atomic E-state index is 12.6. The molecule has 0 saturated carbocycles. The quantitative estimate of drug-likeness (QED) is 0.317. The van der Waals surface area contributed by atoms with Crippen LogP contribution in [0.1, 0.15) is 17.3 Å². The first kappa shape index (κ1) is 20.6. The first-order valence-electron chi connectivity index (χ1n) is 7.24. The van der Waals surface area contributed by atoms with Gasteiger partial charge in [-0.3, -0.25) is 9.59 Å². The van der Waals surface area contributed by atoms with E-state index in [1.54, 1.807) is 36.4 Å². The Labute approximate surface area is 170 Å². The number of benzene rings is 2. The van der Waals surface area contributed by atoms with Crippen molar-refractivity contribution in [2.75, 3.05) is 0 Å². The summed E-state index contributed by atoms with van der Waals surface area (Å²) in [6.07, 6.45) is -1.31. The van der Waals surface area contributed by atoms with Crippen LogP contribution in [0.15, 0.2) is 48.5 Å². The number of esters is 1. The van der Waals surface area contributed by atoms with E-state index in [1.165, 1.54) is 19.1 Å². The van der Waals surface area contributed by atoms with Crippen LogP contribution in [0.2, 0.25) is 5.02 Å². The minimum atomic E-state index is -1.97. The van der Waals surface area contributed by atoms with Crippen LogP contribution < -0.4 is 14.8 Å². The summed E-state index contributed by atoms with van der Waals surface area (Å²) in [5.41, 5.74) is 0.0849. The highest BCUT2D eigenvalue weighted by atomic mass is 35.6. The van der Waals surface area contributed by atoms with E-state index < -0.39 is 21.9 Å². The zero-order valence-corrected chi connectivity index (χ0v) is 16.4. The monoisotopic (exact) mass is 435 g/mol. The van der Waals surface area contributed by atoms with Crippen LogP contribution in [0.4, 0.5) is 0 Å². The van der Waals surface area contributed by atoms with Crippen LogP contribution in [-0.4, -0.2) is 21.9 Å². The molecule has 1 amide bonds. The van der Waals surface area contributed by atoms with Gasteiger partial charge in [-0.2, -0.15) is 0 Å². The lowest BCUT2D eigenvalue weighted by atomic mass is 10.2. The first-order valence-corrected chi connectivity index (χ1v) is 8.75. The van der Waals surface area contributed by atoms with Gasteiger partial charge < -0.3 is 14.8 Å². The molecule has 0 radical (unpaired) electrons. The summed E-state index contributed by atoms with van der Waals surface area (Å²) >= 11 is 23.6. The molecule has 26 heavy (non-hydrogen) atoms. The predicted octanol–water partition coefficient (Wildman–Crippen LogP) is 4.77. The van der Waals surface area contributed by atoms with Crippen LogP contribution in [0.5, 0.6) is 11.5 Å². The van der Waals surface area contributed by atoms with Crippen LogP contribution >= 0.6 is 46.4 Å². The van der Waals surface area contributed by atoms with Crippen molar-refractivity contribution < 1.29 is 19.1 Å². The van der Waals surface area contributed by atoms with Gasteiger partial charge in [0.2, 0.25) is 10.0 Å². The highest BCUT2D eigenvalue weighted by Crippen LogP contribution is 2.32. The molecule has 0 spiro atoms. The number of carbonyl (C=O) groups is 2. The third-order valence-electron chi connectivity index (χ3n) is 3.01. The Kier molecular flexibility index (Phi) is 7.01. The van der Waals surface area contributed by atoms with Crippen molar-refractivity contribution >= 4 is 58.3 Å². The van der Waals surface area contributed by atoms with E-state index >= 15 is 0 Å². The number of amides is 1. The molecule has 0 saturated heterocycles. The number of para-hydroxylation sites is 1. The lowest BCUT2D eigenvalue weighted by Gasteiger charge is -2.26. The van der Waals surface area contributed by atoms with E-state index in [9.17, 15) is 9.59 Å². The number of nitrogens with one attached hydrogen (secondary N) is 1. The average molecular weight is 437 g/mol. The SMILES string of the molecule is CC(=O)Oc1ccccc1C(=O)NC(Oc1ccc(Cl)cc1)C(Cl)(Cl)Cl. The van der Waals surface area contributed by atoms with Crippen molar-refractivity contribution in [1.82, 2.24) is 5.32 Å². The largest absolute Gasteiger partial charge is 0.466 e. The molecule has 1 atom stereocenters. The number of alkyl halides is 3. The summed E-state index contributed by atoms with van der Waals surface area (Å²) in [6, 6.07) is 12.5. The molecule has 0 aliphatic carbocycles. The van der Waals surface area contributed by atoms with Gasteiger partial charge in [0.05, 0.1) is 5.56 Å². The molecule has 0 aliphatic heterocycles. The normalized spacial score (nSPS) is 12.2. The van der Waals surface area contributed by atoms with Gasteiger partial charge in [-0.15, -0.1) is 0 Å². The Balaban J connectivity index is 2.22. The number of carbonyl (C=O) groups excluding carboxylic acids is 2. The molecule has 138 valence electrons. The van der Waals surface area contributed by atoms with Gasteiger partial charge in [0, 0.05) is 11.9 Å². The Hall–Kier alpha value is -1.66. The molecule has 0 aromatic heterocycles. The van der Waals surface area contributed by atoms with E-state index in [2.05, 4.69) is 5.32 Å². The summed E-state index contributed by atoms with van der Waals surface area (Å²) in [5, 5.41) is 2.97. The van der Waals surface area contributed by atoms with Crippen LogP contribution in [0.3, 0.4) is 0 Å². The number of hydrogen-bond acceptors (Lipinski definition) is 4. The fraction of sp³-hybridized carbons (Fsp3) is 0.176. The average Bonchev–Trinajstić information content (AvgIpc) is 2.55. The summed E-state index contributed by atoms with van der Waals surface area (Å²) in [5.74, 6) is -0.806. The molecule has 2 aromatic carbocycles. The van der Waals surface area contributed by atoms with Crippen molar-refractivity contribution in [3.8, 4) is 11.5 Å². The molecule has 0 bridgehead atoms. The third-order valence-corrected chi connectivity index (χ3v) is 3.86. The standard InChI is InChI=1S/C17H13Cl4NO4/c1-10(23)25-14-5-3-2-4-13(14)15(24)22-16(17(19,20)21)26-12-8-6-11(18)7-9-12/h2-9,16H,1H3,(H,22,24). The lowest BCUT2D eigenvalue weighted by molar-refractivity contribution is -0.131. The van der Waals surface area contributed by atoms with Crippen molar-refractivity contribution in [3.05, 3.63) is 59.1 Å². The van der Waals surface area contributed by atoms with Crippen molar-refractivity contribution in [2.24, 2.45) is 0 Å². The topological polar surface area (TPSA) is 64.6 Å². The predicted molar refractivity (Wildman–Crippen MR) is 101 cm³/mol. The molecule has 1 unspecified atom stereocenters. The molecule has 1 N–H and O–H groups in total. The Morgan fingerprint density at radius 2 is 1.65 bits per heavy atom. The van der Waals surface area contributed by atoms with Crippen molar-refractivity contribution in [1.29, 1.82) is 0 Å². The van der Waals surface area contributed by atoms with Crippen LogP contribution in [0.25, 0.3) is 0 Å². The van der Waals surface area contributed by atoms with Gasteiger partial charge in [0.15, 0.2) is 0 Å². The number of hydrogen-bond donors (Lipinski definition) is 1. The maximum atomic E-state index is 12.6. The minimum absolute atomic E-state index is 0.0760. The van der Waals surface area contributed by atoms with Crippen molar-refractivity contribution in [2.45, 2.75) is 16.9 Å². The second-order valence-corrected chi connectivity index (χ2v) is 7.86. The Bertz CT molecular complexity index is 790. The summed E-state index contributed by atoms with van der Waals surface area (Å²) in [6.45, 7) is 1.22. The third kappa shape index (κ3) is 5.95. The van der Waals surface area contributed by atoms with E-state index in [4.69, 9.17) is 55.9 Å². The van der Waals surface area contributed by atoms with E-state index in [0.29, 0.717) is 10.8 Å². The number of ether oxygens (including phenoxy) is 2. The van der Waals surface area contributed by atoms with Gasteiger partial charge >= 0.3 is 5.97 Å². The summed E-state index contributed by atoms with van der Waals surface area (Å²) in [4.78, 5) is 23.8. The van der Waals surface area contributed by atoms with Crippen LogP contribution in [0, 0.1) is 0 Å². The molecule has 0 heterocycles. The van der Waals surface area contributed by atoms with Gasteiger partial charge in [-0.25, -0.2) is 0 Å². The molecule has 0 fully saturated rings. The lowest BCUT2D eigenvalue weighted by Crippen LogP contribution is -2.47. The minimum Gasteiger partial charge on any atom is -0.466 e. The Morgan fingerprint density at radius 3 is 2.23 bits per heavy atom. The van der Waals surface area contributed by atoms with E-state index in [-0.39, 0.29) is 11.3 Å². The summed E-state index contributed by atoms with van der Waals surface area (Å²) in [7, 11) is 0. The highest BCUT2D eigenvalue weighted by molar-refractivity contribution is 6.68. The van der Waals surface area contributed by atoms with Crippen molar-refractivity contribution in [3.63, 3.8) is 0 Å². The first-order chi connectivity index (χ1) is 12.2. The molecule has 9 heteroatoms. The molecular formula is C17H13Cl4NO4. The fourth-order valence-electron chi connectivity index (χ4n) is 1.92. The molecule has 5 nitrogen and oxygen atoms in total. The fourth-order valence-corrected chi connectivity index (χ4v) is 2.35. The number of rotatable bonds is 5. The highest BCUT2D eigenvalue weighted by Gasteiger charge is 2.36. The summed E-state index contributed by atoms with van der Waals surface area (Å²) < 4.78 is 8.60. The number of halogens is 4. The molecule has 2 rings (SSSR count).